The molecule has 6 nitrogen and oxygen atoms in total. The van der Waals surface area contributed by atoms with Gasteiger partial charge in [0, 0.05) is 35.0 Å². The van der Waals surface area contributed by atoms with Gasteiger partial charge in [0.05, 0.1) is 11.1 Å². The van der Waals surface area contributed by atoms with E-state index in [2.05, 4.69) is 5.32 Å². The lowest BCUT2D eigenvalue weighted by molar-refractivity contribution is -0.175. The van der Waals surface area contributed by atoms with Gasteiger partial charge in [0.15, 0.2) is 18.5 Å². The van der Waals surface area contributed by atoms with Crippen LogP contribution in [-0.4, -0.2) is 35.0 Å². The SMILES string of the molecule is O=C(COc1ccc(Cl)c(F)c1)NC12CC(CC(=O)C3CC(O)c4ccc(Cl)cc4O3)(C1)C2. The lowest BCUT2D eigenvalue weighted by Gasteiger charge is -2.70. The van der Waals surface area contributed by atoms with Crippen molar-refractivity contribution in [3.63, 3.8) is 0 Å². The van der Waals surface area contributed by atoms with Crippen molar-refractivity contribution in [2.24, 2.45) is 5.41 Å². The molecule has 2 aromatic carbocycles. The van der Waals surface area contributed by atoms with Gasteiger partial charge in [0.25, 0.3) is 5.91 Å². The maximum atomic E-state index is 13.5. The predicted molar refractivity (Wildman–Crippen MR) is 119 cm³/mol. The Kier molecular flexibility index (Phi) is 5.54. The van der Waals surface area contributed by atoms with Crippen molar-refractivity contribution >= 4 is 34.9 Å². The highest BCUT2D eigenvalue weighted by molar-refractivity contribution is 6.31. The number of carbonyl (C=O) groups is 2. The van der Waals surface area contributed by atoms with Crippen molar-refractivity contribution in [1.29, 1.82) is 0 Å². The van der Waals surface area contributed by atoms with E-state index in [1.54, 1.807) is 18.2 Å². The summed E-state index contributed by atoms with van der Waals surface area (Å²) in [4.78, 5) is 25.2. The third-order valence-corrected chi connectivity index (χ3v) is 7.30. The van der Waals surface area contributed by atoms with Gasteiger partial charge in [-0.3, -0.25) is 9.59 Å². The van der Waals surface area contributed by atoms with E-state index in [1.807, 2.05) is 0 Å². The molecule has 33 heavy (non-hydrogen) atoms. The molecule has 1 aliphatic heterocycles. The van der Waals surface area contributed by atoms with Crippen LogP contribution in [0.3, 0.4) is 0 Å². The lowest BCUT2D eigenvalue weighted by atomic mass is 9.38. The molecule has 6 rings (SSSR count). The van der Waals surface area contributed by atoms with Gasteiger partial charge >= 0.3 is 0 Å². The molecule has 2 bridgehead atoms. The third kappa shape index (κ3) is 4.29. The molecule has 0 spiro atoms. The molecule has 3 saturated carbocycles. The van der Waals surface area contributed by atoms with Gasteiger partial charge in [-0.1, -0.05) is 29.3 Å². The highest BCUT2D eigenvalue weighted by atomic mass is 35.5. The Bertz CT molecular complexity index is 1120. The van der Waals surface area contributed by atoms with Crippen molar-refractivity contribution in [3.8, 4) is 11.5 Å². The third-order valence-electron chi connectivity index (χ3n) is 6.76. The zero-order valence-electron chi connectivity index (χ0n) is 17.6. The lowest BCUT2D eigenvalue weighted by Crippen LogP contribution is -2.75. The van der Waals surface area contributed by atoms with Crippen LogP contribution in [-0.2, 0) is 9.59 Å². The Balaban J connectivity index is 1.10. The summed E-state index contributed by atoms with van der Waals surface area (Å²) in [5.74, 6) is -0.281. The number of carbonyl (C=O) groups excluding carboxylic acids is 2. The minimum atomic E-state index is -0.771. The minimum Gasteiger partial charge on any atom is -0.484 e. The van der Waals surface area contributed by atoms with E-state index in [0.717, 1.165) is 6.07 Å². The first-order chi connectivity index (χ1) is 15.7. The zero-order chi connectivity index (χ0) is 23.4. The van der Waals surface area contributed by atoms with Crippen LogP contribution in [0.4, 0.5) is 4.39 Å². The number of hydrogen-bond donors (Lipinski definition) is 2. The van der Waals surface area contributed by atoms with Crippen molar-refractivity contribution in [2.75, 3.05) is 6.61 Å². The number of nitrogens with one attached hydrogen (secondary N) is 1. The van der Waals surface area contributed by atoms with E-state index in [9.17, 15) is 19.1 Å². The van der Waals surface area contributed by atoms with E-state index < -0.39 is 18.0 Å². The van der Waals surface area contributed by atoms with Crippen LogP contribution >= 0.6 is 23.2 Å². The normalized spacial score (nSPS) is 29.1. The molecule has 0 radical (unpaired) electrons. The second-order valence-corrected chi connectivity index (χ2v) is 10.3. The summed E-state index contributed by atoms with van der Waals surface area (Å²) in [6, 6.07) is 9.01. The van der Waals surface area contributed by atoms with Gasteiger partial charge in [-0.05, 0) is 48.9 Å². The molecule has 2 aromatic rings. The number of halogens is 3. The Hall–Kier alpha value is -2.35. The molecule has 0 saturated heterocycles. The number of amides is 1. The van der Waals surface area contributed by atoms with Crippen LogP contribution < -0.4 is 14.8 Å². The maximum Gasteiger partial charge on any atom is 0.258 e. The minimum absolute atomic E-state index is 0.0124. The van der Waals surface area contributed by atoms with E-state index in [-0.39, 0.29) is 46.4 Å². The van der Waals surface area contributed by atoms with Gasteiger partial charge < -0.3 is 19.9 Å². The largest absolute Gasteiger partial charge is 0.484 e. The van der Waals surface area contributed by atoms with Gasteiger partial charge in [-0.25, -0.2) is 4.39 Å². The number of Topliss-reactive ketones (excluding diaryl/α,β-unsaturated/α-hetero) is 1. The number of fused-ring (bicyclic) bond motifs is 1. The summed E-state index contributed by atoms with van der Waals surface area (Å²) in [6.07, 6.45) is 1.22. The molecule has 4 aliphatic rings. The van der Waals surface area contributed by atoms with Gasteiger partial charge in [-0.2, -0.15) is 0 Å². The molecule has 2 N–H and O–H groups in total. The standard InChI is InChI=1S/C24H22Cl2FNO5/c25-13-1-3-15-18(29)7-21(33-20(15)5-13)19(30)8-23-10-24(11-23,12-23)28-22(31)9-32-14-2-4-16(26)17(27)6-14/h1-6,18,21,29H,7-12H2,(H,28,31). The smallest absolute Gasteiger partial charge is 0.258 e. The summed E-state index contributed by atoms with van der Waals surface area (Å²) in [5, 5.41) is 13.8. The summed E-state index contributed by atoms with van der Waals surface area (Å²) >= 11 is 11.6. The van der Waals surface area contributed by atoms with Crippen molar-refractivity contribution in [2.45, 2.75) is 49.9 Å². The topological polar surface area (TPSA) is 84.9 Å². The van der Waals surface area contributed by atoms with Gasteiger partial charge in [0.1, 0.15) is 17.3 Å². The van der Waals surface area contributed by atoms with E-state index in [1.165, 1.54) is 12.1 Å². The monoisotopic (exact) mass is 493 g/mol. The Morgan fingerprint density at radius 3 is 2.67 bits per heavy atom. The molecule has 1 heterocycles. The zero-order valence-corrected chi connectivity index (χ0v) is 19.1. The van der Waals surface area contributed by atoms with Crippen LogP contribution in [0.5, 0.6) is 11.5 Å². The summed E-state index contributed by atoms with van der Waals surface area (Å²) in [7, 11) is 0. The fourth-order valence-corrected chi connectivity index (χ4v) is 5.74. The van der Waals surface area contributed by atoms with Crippen LogP contribution in [0, 0.1) is 11.2 Å². The second kappa shape index (κ2) is 8.15. The number of aliphatic hydroxyl groups is 1. The molecule has 2 atom stereocenters. The van der Waals surface area contributed by atoms with E-state index in [0.29, 0.717) is 42.0 Å². The Morgan fingerprint density at radius 1 is 1.18 bits per heavy atom. The average Bonchev–Trinajstić information content (AvgIpc) is 2.71. The predicted octanol–water partition coefficient (Wildman–Crippen LogP) is 4.39. The van der Waals surface area contributed by atoms with Crippen molar-refractivity contribution in [3.05, 3.63) is 57.8 Å². The molecule has 3 aliphatic carbocycles. The maximum absolute atomic E-state index is 13.5. The fourth-order valence-electron chi connectivity index (χ4n) is 5.46. The number of benzene rings is 2. The van der Waals surface area contributed by atoms with Crippen molar-refractivity contribution < 1.29 is 28.6 Å². The Morgan fingerprint density at radius 2 is 1.94 bits per heavy atom. The summed E-state index contributed by atoms with van der Waals surface area (Å²) in [6.45, 7) is -0.232. The molecule has 174 valence electrons. The quantitative estimate of drug-likeness (QED) is 0.597. The number of ether oxygens (including phenoxy) is 2. The summed E-state index contributed by atoms with van der Waals surface area (Å²) < 4.78 is 24.6. The number of aliphatic hydroxyl groups excluding tert-OH is 1. The molecular formula is C24H22Cl2FNO5. The average molecular weight is 494 g/mol. The summed E-state index contributed by atoms with van der Waals surface area (Å²) in [5.41, 5.74) is 0.200. The molecular weight excluding hydrogens is 472 g/mol. The first-order valence-electron chi connectivity index (χ1n) is 10.7. The number of rotatable bonds is 7. The van der Waals surface area contributed by atoms with Crippen molar-refractivity contribution in [1.82, 2.24) is 5.32 Å². The first-order valence-corrected chi connectivity index (χ1v) is 11.5. The molecule has 1 amide bonds. The first kappa shape index (κ1) is 22.4. The van der Waals surface area contributed by atoms with Crippen LogP contribution in [0.2, 0.25) is 10.0 Å². The molecule has 3 fully saturated rings. The fraction of sp³-hybridized carbons (Fsp3) is 0.417. The van der Waals surface area contributed by atoms with E-state index in [4.69, 9.17) is 32.7 Å². The van der Waals surface area contributed by atoms with Crippen LogP contribution in [0.1, 0.15) is 43.8 Å². The van der Waals surface area contributed by atoms with Gasteiger partial charge in [-0.15, -0.1) is 0 Å². The highest BCUT2D eigenvalue weighted by Crippen LogP contribution is 2.69. The number of hydrogen-bond acceptors (Lipinski definition) is 5. The molecule has 0 aromatic heterocycles. The number of ketones is 1. The Labute approximate surface area is 200 Å². The van der Waals surface area contributed by atoms with E-state index >= 15 is 0 Å². The van der Waals surface area contributed by atoms with Gasteiger partial charge in [0.2, 0.25) is 0 Å². The van der Waals surface area contributed by atoms with Crippen LogP contribution in [0.15, 0.2) is 36.4 Å². The van der Waals surface area contributed by atoms with Crippen LogP contribution in [0.25, 0.3) is 0 Å². The second-order valence-electron chi connectivity index (χ2n) is 9.41. The molecule has 2 unspecified atom stereocenters. The highest BCUT2D eigenvalue weighted by Gasteiger charge is 2.68. The molecule has 9 heteroatoms.